The lowest BCUT2D eigenvalue weighted by Crippen LogP contribution is -2.56. The zero-order valence-electron chi connectivity index (χ0n) is 20.7. The number of hydrogen-bond donors (Lipinski definition) is 1. The number of aliphatic hydroxyl groups is 1. The Balaban J connectivity index is 1.67. The first-order valence-corrected chi connectivity index (χ1v) is 12.0. The molecule has 0 radical (unpaired) electrons. The summed E-state index contributed by atoms with van der Waals surface area (Å²) in [6, 6.07) is 18.6. The number of fused-ring (bicyclic) bond motifs is 1. The smallest absolute Gasteiger partial charge is 0.326 e. The van der Waals surface area contributed by atoms with E-state index in [9.17, 15) is 9.90 Å². The SMILES string of the molecule is CCOC(=O)C(C(O)[C@H]1O[C@@H](OC)[C@@H]2OC(C)(C)O[C@@H]21)N(Cc1ccccc1)Cc1ccccc1. The third-order valence-corrected chi connectivity index (χ3v) is 6.32. The van der Waals surface area contributed by atoms with Gasteiger partial charge < -0.3 is 28.8 Å². The van der Waals surface area contributed by atoms with Crippen LogP contribution in [0.15, 0.2) is 60.7 Å². The third kappa shape index (κ3) is 5.91. The summed E-state index contributed by atoms with van der Waals surface area (Å²) in [7, 11) is 1.52. The van der Waals surface area contributed by atoms with Crippen LogP contribution >= 0.6 is 0 Å². The molecular formula is C27H35NO7. The third-order valence-electron chi connectivity index (χ3n) is 6.32. The van der Waals surface area contributed by atoms with Crippen LogP contribution < -0.4 is 0 Å². The summed E-state index contributed by atoms with van der Waals surface area (Å²) in [4.78, 5) is 15.3. The molecule has 35 heavy (non-hydrogen) atoms. The lowest BCUT2D eigenvalue weighted by molar-refractivity contribution is -0.240. The highest BCUT2D eigenvalue weighted by atomic mass is 16.8. The Labute approximate surface area is 206 Å². The van der Waals surface area contributed by atoms with Crippen molar-refractivity contribution in [2.24, 2.45) is 0 Å². The molecule has 8 nitrogen and oxygen atoms in total. The van der Waals surface area contributed by atoms with E-state index in [1.807, 2.05) is 65.6 Å². The van der Waals surface area contributed by atoms with E-state index < -0.39 is 48.5 Å². The molecule has 0 aliphatic carbocycles. The van der Waals surface area contributed by atoms with Gasteiger partial charge in [-0.05, 0) is 31.9 Å². The van der Waals surface area contributed by atoms with Crippen LogP contribution in [0.4, 0.5) is 0 Å². The van der Waals surface area contributed by atoms with Gasteiger partial charge in [-0.1, -0.05) is 60.7 Å². The highest BCUT2D eigenvalue weighted by molar-refractivity contribution is 5.76. The van der Waals surface area contributed by atoms with Crippen molar-refractivity contribution in [3.05, 3.63) is 71.8 Å². The van der Waals surface area contributed by atoms with Gasteiger partial charge in [-0.3, -0.25) is 9.69 Å². The maximum atomic E-state index is 13.4. The first kappa shape index (κ1) is 25.8. The molecule has 2 aromatic rings. The molecule has 2 unspecified atom stereocenters. The van der Waals surface area contributed by atoms with Gasteiger partial charge in [0.1, 0.15) is 30.5 Å². The molecule has 0 saturated carbocycles. The van der Waals surface area contributed by atoms with E-state index in [-0.39, 0.29) is 6.61 Å². The summed E-state index contributed by atoms with van der Waals surface area (Å²) < 4.78 is 29.0. The molecule has 2 heterocycles. The van der Waals surface area contributed by atoms with Gasteiger partial charge in [-0.15, -0.1) is 0 Å². The molecule has 2 aliphatic heterocycles. The summed E-state index contributed by atoms with van der Waals surface area (Å²) in [5.41, 5.74) is 2.01. The first-order valence-electron chi connectivity index (χ1n) is 12.0. The molecule has 6 atom stereocenters. The van der Waals surface area contributed by atoms with Crippen LogP contribution in [0.1, 0.15) is 31.9 Å². The van der Waals surface area contributed by atoms with E-state index in [2.05, 4.69) is 0 Å². The fraction of sp³-hybridized carbons (Fsp3) is 0.519. The lowest BCUT2D eigenvalue weighted by atomic mass is 9.97. The van der Waals surface area contributed by atoms with Crippen LogP contribution in [0, 0.1) is 0 Å². The molecule has 0 spiro atoms. The number of esters is 1. The van der Waals surface area contributed by atoms with Crippen molar-refractivity contribution < 1.29 is 33.6 Å². The summed E-state index contributed by atoms with van der Waals surface area (Å²) in [6.07, 6.45) is -3.95. The van der Waals surface area contributed by atoms with Gasteiger partial charge >= 0.3 is 5.97 Å². The Morgan fingerprint density at radius 2 is 1.54 bits per heavy atom. The van der Waals surface area contributed by atoms with Gasteiger partial charge in [-0.2, -0.15) is 0 Å². The molecule has 1 N–H and O–H groups in total. The Kier molecular flexibility index (Phi) is 8.21. The molecule has 190 valence electrons. The second kappa shape index (κ2) is 11.2. The van der Waals surface area contributed by atoms with Gasteiger partial charge in [0.15, 0.2) is 12.1 Å². The van der Waals surface area contributed by atoms with E-state index in [1.165, 1.54) is 7.11 Å². The van der Waals surface area contributed by atoms with Gasteiger partial charge in [0.25, 0.3) is 0 Å². The van der Waals surface area contributed by atoms with Crippen LogP contribution in [0.5, 0.6) is 0 Å². The van der Waals surface area contributed by atoms with Crippen LogP contribution in [0.2, 0.25) is 0 Å². The molecule has 2 aliphatic rings. The molecule has 4 rings (SSSR count). The predicted octanol–water partition coefficient (Wildman–Crippen LogP) is 2.87. The molecule has 2 saturated heterocycles. The number of benzene rings is 2. The summed E-state index contributed by atoms with van der Waals surface area (Å²) in [5.74, 6) is -1.38. The van der Waals surface area contributed by atoms with Crippen molar-refractivity contribution in [1.29, 1.82) is 0 Å². The highest BCUT2D eigenvalue weighted by Crippen LogP contribution is 2.41. The van der Waals surface area contributed by atoms with Gasteiger partial charge in [0.05, 0.1) is 6.61 Å². The number of rotatable bonds is 10. The quantitative estimate of drug-likeness (QED) is 0.514. The standard InChI is InChI=1S/C27H35NO7/c1-5-32-25(30)20(21(29)22-23-24(26(31-4)33-22)35-27(2,3)34-23)28(16-18-12-8-6-9-13-18)17-19-14-10-7-11-15-19/h6-15,20-24,26,29H,5,16-17H2,1-4H3/t20?,21?,22-,23-,24-,26-/m1/s1. The zero-order valence-corrected chi connectivity index (χ0v) is 20.7. The van der Waals surface area contributed by atoms with Crippen molar-refractivity contribution >= 4 is 5.97 Å². The summed E-state index contributed by atoms with van der Waals surface area (Å²) in [5, 5.41) is 11.7. The average Bonchev–Trinajstić information content (AvgIpc) is 3.33. The molecule has 0 aromatic heterocycles. The Bertz CT molecular complexity index is 913. The monoisotopic (exact) mass is 485 g/mol. The minimum Gasteiger partial charge on any atom is -0.465 e. The van der Waals surface area contributed by atoms with E-state index in [1.54, 1.807) is 20.8 Å². The normalized spacial score (nSPS) is 26.9. The number of aliphatic hydroxyl groups excluding tert-OH is 1. The fourth-order valence-electron chi connectivity index (χ4n) is 4.86. The largest absolute Gasteiger partial charge is 0.465 e. The van der Waals surface area contributed by atoms with Crippen molar-refractivity contribution in [3.8, 4) is 0 Å². The van der Waals surface area contributed by atoms with Crippen LogP contribution in [-0.4, -0.2) is 72.2 Å². The zero-order chi connectivity index (χ0) is 25.0. The van der Waals surface area contributed by atoms with Crippen molar-refractivity contribution in [1.82, 2.24) is 4.90 Å². The van der Waals surface area contributed by atoms with Gasteiger partial charge in [-0.25, -0.2) is 0 Å². The van der Waals surface area contributed by atoms with Crippen LogP contribution in [0.25, 0.3) is 0 Å². The maximum Gasteiger partial charge on any atom is 0.326 e. The number of carbonyl (C=O) groups excluding carboxylic acids is 1. The van der Waals surface area contributed by atoms with E-state index in [0.717, 1.165) is 11.1 Å². The van der Waals surface area contributed by atoms with E-state index >= 15 is 0 Å². The second-order valence-electron chi connectivity index (χ2n) is 9.33. The van der Waals surface area contributed by atoms with Gasteiger partial charge in [0.2, 0.25) is 0 Å². The number of methoxy groups -OCH3 is 1. The number of ether oxygens (including phenoxy) is 5. The average molecular weight is 486 g/mol. The molecule has 2 aromatic carbocycles. The van der Waals surface area contributed by atoms with Gasteiger partial charge in [0, 0.05) is 20.2 Å². The Hall–Kier alpha value is -2.33. The second-order valence-corrected chi connectivity index (χ2v) is 9.33. The molecule has 2 fully saturated rings. The minimum absolute atomic E-state index is 0.192. The van der Waals surface area contributed by atoms with Crippen molar-refractivity contribution in [3.63, 3.8) is 0 Å². The fourth-order valence-corrected chi connectivity index (χ4v) is 4.86. The highest BCUT2D eigenvalue weighted by Gasteiger charge is 2.59. The molecule has 0 amide bonds. The number of carbonyl (C=O) groups is 1. The molecular weight excluding hydrogens is 450 g/mol. The van der Waals surface area contributed by atoms with Crippen molar-refractivity contribution in [2.45, 2.75) is 76.4 Å². The predicted molar refractivity (Wildman–Crippen MR) is 128 cm³/mol. The first-order chi connectivity index (χ1) is 16.8. The van der Waals surface area contributed by atoms with Crippen LogP contribution in [-0.2, 0) is 41.6 Å². The minimum atomic E-state index is -1.26. The number of nitrogens with zero attached hydrogens (tertiary/aromatic N) is 1. The summed E-state index contributed by atoms with van der Waals surface area (Å²) >= 11 is 0. The Morgan fingerprint density at radius 3 is 2.06 bits per heavy atom. The molecule has 0 bridgehead atoms. The topological polar surface area (TPSA) is 86.7 Å². The van der Waals surface area contributed by atoms with Crippen molar-refractivity contribution in [2.75, 3.05) is 13.7 Å². The summed E-state index contributed by atoms with van der Waals surface area (Å²) in [6.45, 7) is 6.40. The van der Waals surface area contributed by atoms with E-state index in [4.69, 9.17) is 23.7 Å². The molecule has 8 heteroatoms. The Morgan fingerprint density at radius 1 is 1.00 bits per heavy atom. The van der Waals surface area contributed by atoms with E-state index in [0.29, 0.717) is 13.1 Å². The number of hydrogen-bond acceptors (Lipinski definition) is 8. The lowest BCUT2D eigenvalue weighted by Gasteiger charge is -2.36. The maximum absolute atomic E-state index is 13.4. The van der Waals surface area contributed by atoms with Crippen LogP contribution in [0.3, 0.4) is 0 Å².